The summed E-state index contributed by atoms with van der Waals surface area (Å²) in [5.74, 6) is -3.19. The molecule has 6 heteroatoms. The zero-order valence-electron chi connectivity index (χ0n) is 11.4. The third-order valence-corrected chi connectivity index (χ3v) is 3.05. The highest BCUT2D eigenvalue weighted by Gasteiger charge is 2.29. The van der Waals surface area contributed by atoms with Crippen LogP contribution in [0.25, 0.3) is 0 Å². The van der Waals surface area contributed by atoms with Crippen molar-refractivity contribution in [2.24, 2.45) is 11.5 Å². The second kappa shape index (κ2) is 6.10. The Labute approximate surface area is 117 Å². The summed E-state index contributed by atoms with van der Waals surface area (Å²) in [7, 11) is 0. The number of amides is 2. The number of hydrogen-bond donors (Lipinski definition) is 4. The van der Waals surface area contributed by atoms with Crippen molar-refractivity contribution in [3.05, 3.63) is 35.4 Å². The molecule has 106 valence electrons. The first-order chi connectivity index (χ1) is 9.27. The summed E-state index contributed by atoms with van der Waals surface area (Å²) in [5, 5.41) is 15.4. The molecule has 0 spiro atoms. The Bertz CT molecular complexity index is 501. The van der Waals surface area contributed by atoms with E-state index in [-0.39, 0.29) is 11.4 Å². The molecule has 2 amide bonds. The normalized spacial score (nSPS) is 13.3. The van der Waals surface area contributed by atoms with Crippen LogP contribution in [0.15, 0.2) is 24.3 Å². The molecule has 1 aromatic carbocycles. The first-order valence-electron chi connectivity index (χ1n) is 6.04. The van der Waals surface area contributed by atoms with Gasteiger partial charge in [0.15, 0.2) is 0 Å². The molecule has 2 atom stereocenters. The molecule has 0 aromatic heterocycles. The Hall–Kier alpha value is -2.50. The third-order valence-electron chi connectivity index (χ3n) is 3.05. The van der Waals surface area contributed by atoms with Gasteiger partial charge >= 0.3 is 0 Å². The van der Waals surface area contributed by atoms with E-state index in [1.54, 1.807) is 24.3 Å². The molecule has 6 nitrogen and oxygen atoms in total. The Morgan fingerprint density at radius 3 is 1.40 bits per heavy atom. The minimum absolute atomic E-state index is 0.0794. The fourth-order valence-corrected chi connectivity index (χ4v) is 2.24. The molecular formula is C14H18N4O2. The van der Waals surface area contributed by atoms with Gasteiger partial charge in [-0.1, -0.05) is 24.3 Å². The summed E-state index contributed by atoms with van der Waals surface area (Å²) < 4.78 is 0. The van der Waals surface area contributed by atoms with Gasteiger partial charge in [-0.15, -0.1) is 0 Å². The fourth-order valence-electron chi connectivity index (χ4n) is 2.24. The smallest absolute Gasteiger partial charge is 0.230 e. The van der Waals surface area contributed by atoms with Crippen molar-refractivity contribution < 1.29 is 9.59 Å². The van der Waals surface area contributed by atoms with Crippen molar-refractivity contribution >= 4 is 23.2 Å². The van der Waals surface area contributed by atoms with Crippen LogP contribution in [-0.4, -0.2) is 23.2 Å². The molecule has 0 aliphatic heterocycles. The Morgan fingerprint density at radius 2 is 1.20 bits per heavy atom. The maximum atomic E-state index is 11.6. The lowest BCUT2D eigenvalue weighted by Crippen LogP contribution is -2.31. The zero-order valence-corrected chi connectivity index (χ0v) is 11.4. The minimum atomic E-state index is -0.924. The second-order valence-corrected chi connectivity index (χ2v) is 4.67. The number of nitrogens with two attached hydrogens (primary N) is 2. The summed E-state index contributed by atoms with van der Waals surface area (Å²) in [6.07, 6.45) is 0. The van der Waals surface area contributed by atoms with Gasteiger partial charge < -0.3 is 22.3 Å². The number of benzene rings is 1. The third kappa shape index (κ3) is 3.09. The molecule has 6 N–H and O–H groups in total. The molecule has 0 bridgehead atoms. The average molecular weight is 274 g/mol. The van der Waals surface area contributed by atoms with Crippen LogP contribution in [0.5, 0.6) is 0 Å². The monoisotopic (exact) mass is 274 g/mol. The van der Waals surface area contributed by atoms with Crippen LogP contribution in [0.2, 0.25) is 0 Å². The minimum Gasteiger partial charge on any atom is -0.369 e. The predicted molar refractivity (Wildman–Crippen MR) is 77.1 cm³/mol. The zero-order chi connectivity index (χ0) is 15.4. The van der Waals surface area contributed by atoms with E-state index < -0.39 is 23.7 Å². The summed E-state index contributed by atoms with van der Waals surface area (Å²) in [6.45, 7) is 2.95. The van der Waals surface area contributed by atoms with Gasteiger partial charge in [0, 0.05) is 11.4 Å². The lowest BCUT2D eigenvalue weighted by molar-refractivity contribution is -0.119. The topological polar surface area (TPSA) is 134 Å². The standard InChI is InChI=1S/C14H18N4O2/c1-7(15)11(13(17)19)9-5-3-4-6-10(9)12(8(2)16)14(18)20/h3-6,11-12,15-16H,1-2H3,(H2,17,19)(H2,18,20). The fraction of sp³-hybridized carbons (Fsp3) is 0.286. The first kappa shape index (κ1) is 15.6. The highest BCUT2D eigenvalue weighted by atomic mass is 16.1. The van der Waals surface area contributed by atoms with Crippen LogP contribution in [0.4, 0.5) is 0 Å². The van der Waals surface area contributed by atoms with Crippen molar-refractivity contribution in [1.29, 1.82) is 10.8 Å². The number of hydrogen-bond acceptors (Lipinski definition) is 4. The van der Waals surface area contributed by atoms with Crippen molar-refractivity contribution in [3.8, 4) is 0 Å². The number of rotatable bonds is 6. The lowest BCUT2D eigenvalue weighted by atomic mass is 9.83. The SMILES string of the molecule is CC(=N)C(C(N)=O)c1ccccc1C(C(C)=N)C(N)=O. The maximum Gasteiger partial charge on any atom is 0.230 e. The van der Waals surface area contributed by atoms with Crippen molar-refractivity contribution in [3.63, 3.8) is 0 Å². The maximum absolute atomic E-state index is 11.6. The van der Waals surface area contributed by atoms with Crippen molar-refractivity contribution in [1.82, 2.24) is 0 Å². The van der Waals surface area contributed by atoms with Crippen LogP contribution in [0.1, 0.15) is 36.8 Å². The summed E-state index contributed by atoms with van der Waals surface area (Å²) in [5.41, 5.74) is 11.7. The molecule has 0 aliphatic carbocycles. The van der Waals surface area contributed by atoms with Gasteiger partial charge in [-0.3, -0.25) is 9.59 Å². The molecular weight excluding hydrogens is 256 g/mol. The van der Waals surface area contributed by atoms with Gasteiger partial charge in [0.2, 0.25) is 11.8 Å². The average Bonchev–Trinajstić information content (AvgIpc) is 2.29. The van der Waals surface area contributed by atoms with Crippen LogP contribution < -0.4 is 11.5 Å². The van der Waals surface area contributed by atoms with Crippen LogP contribution >= 0.6 is 0 Å². The molecule has 1 aromatic rings. The number of carbonyl (C=O) groups is 2. The Morgan fingerprint density at radius 1 is 0.900 bits per heavy atom. The molecule has 20 heavy (non-hydrogen) atoms. The van der Waals surface area contributed by atoms with Crippen LogP contribution in [0.3, 0.4) is 0 Å². The van der Waals surface area contributed by atoms with Gasteiger partial charge in [0.1, 0.15) is 11.8 Å². The largest absolute Gasteiger partial charge is 0.369 e. The molecule has 0 saturated carbocycles. The first-order valence-corrected chi connectivity index (χ1v) is 6.04. The van der Waals surface area contributed by atoms with E-state index in [2.05, 4.69) is 0 Å². The molecule has 0 radical (unpaired) electrons. The Kier molecular flexibility index (Phi) is 4.74. The number of carbonyl (C=O) groups excluding carboxylic acids is 2. The van der Waals surface area contributed by atoms with E-state index in [9.17, 15) is 9.59 Å². The molecule has 0 fully saturated rings. The highest BCUT2D eigenvalue weighted by Crippen LogP contribution is 2.28. The molecule has 1 rings (SSSR count). The van der Waals surface area contributed by atoms with Crippen molar-refractivity contribution in [2.75, 3.05) is 0 Å². The molecule has 0 aliphatic rings. The van der Waals surface area contributed by atoms with Gasteiger partial charge in [0.05, 0.1) is 0 Å². The van der Waals surface area contributed by atoms with E-state index in [0.29, 0.717) is 11.1 Å². The highest BCUT2D eigenvalue weighted by molar-refractivity contribution is 6.09. The van der Waals surface area contributed by atoms with E-state index in [1.165, 1.54) is 13.8 Å². The molecule has 0 saturated heterocycles. The summed E-state index contributed by atoms with van der Waals surface area (Å²) in [6, 6.07) is 6.63. The van der Waals surface area contributed by atoms with Crippen LogP contribution in [0, 0.1) is 10.8 Å². The summed E-state index contributed by atoms with van der Waals surface area (Å²) in [4.78, 5) is 23.1. The van der Waals surface area contributed by atoms with Crippen LogP contribution in [-0.2, 0) is 9.59 Å². The Balaban J connectivity index is 3.50. The second-order valence-electron chi connectivity index (χ2n) is 4.67. The number of primary amides is 2. The van der Waals surface area contributed by atoms with E-state index in [1.807, 2.05) is 0 Å². The lowest BCUT2D eigenvalue weighted by Gasteiger charge is -2.21. The molecule has 2 unspecified atom stereocenters. The van der Waals surface area contributed by atoms with E-state index in [4.69, 9.17) is 22.3 Å². The number of nitrogens with one attached hydrogen (secondary N) is 2. The van der Waals surface area contributed by atoms with Gasteiger partial charge in [0.25, 0.3) is 0 Å². The van der Waals surface area contributed by atoms with Gasteiger partial charge in [-0.2, -0.15) is 0 Å². The quantitative estimate of drug-likeness (QED) is 0.574. The molecule has 0 heterocycles. The van der Waals surface area contributed by atoms with Gasteiger partial charge in [-0.05, 0) is 25.0 Å². The van der Waals surface area contributed by atoms with E-state index >= 15 is 0 Å². The summed E-state index contributed by atoms with van der Waals surface area (Å²) >= 11 is 0. The van der Waals surface area contributed by atoms with Crippen molar-refractivity contribution in [2.45, 2.75) is 25.7 Å². The van der Waals surface area contributed by atoms with Gasteiger partial charge in [-0.25, -0.2) is 0 Å². The van der Waals surface area contributed by atoms with E-state index in [0.717, 1.165) is 0 Å². The predicted octanol–water partition coefficient (Wildman–Crippen LogP) is 0.904.